The first-order valence-corrected chi connectivity index (χ1v) is 12.5. The Labute approximate surface area is 188 Å². The molecule has 2 aromatic rings. The van der Waals surface area contributed by atoms with E-state index in [1.54, 1.807) is 19.1 Å². The van der Waals surface area contributed by atoms with Gasteiger partial charge in [0, 0.05) is 29.6 Å². The number of hydrazine groups is 1. The third-order valence-corrected chi connectivity index (χ3v) is 7.64. The molecular weight excluding hydrogens is 426 g/mol. The number of hydrogen-bond donors (Lipinski definition) is 0. The summed E-state index contributed by atoms with van der Waals surface area (Å²) in [7, 11) is -3.33. The van der Waals surface area contributed by atoms with Crippen LogP contribution >= 0.6 is 0 Å². The summed E-state index contributed by atoms with van der Waals surface area (Å²) in [5.41, 5.74) is 3.38. The first-order chi connectivity index (χ1) is 15.0. The number of ether oxygens (including phenoxy) is 1. The number of fused-ring (bicyclic) bond motifs is 5. The molecule has 32 heavy (non-hydrogen) atoms. The van der Waals surface area contributed by atoms with Gasteiger partial charge in [0.2, 0.25) is 0 Å². The monoisotopic (exact) mass is 453 g/mol. The number of rotatable bonds is 3. The van der Waals surface area contributed by atoms with Gasteiger partial charge >= 0.3 is 0 Å². The third kappa shape index (κ3) is 3.43. The number of ketones is 1. The highest BCUT2D eigenvalue weighted by atomic mass is 32.2. The number of sulfone groups is 1. The topological polar surface area (TPSA) is 70.2 Å². The van der Waals surface area contributed by atoms with E-state index < -0.39 is 15.4 Å². The summed E-state index contributed by atoms with van der Waals surface area (Å²) in [5, 5.41) is 4.63. The fourth-order valence-corrected chi connectivity index (χ4v) is 5.47. The van der Waals surface area contributed by atoms with Crippen molar-refractivity contribution in [2.45, 2.75) is 37.3 Å². The highest BCUT2D eigenvalue weighted by Gasteiger charge is 2.47. The van der Waals surface area contributed by atoms with Crippen molar-refractivity contribution in [2.24, 2.45) is 0 Å². The molecular formula is C24H27N3O4S. The molecule has 7 nitrogen and oxygen atoms in total. The molecule has 5 rings (SSSR count). The summed E-state index contributed by atoms with van der Waals surface area (Å²) in [4.78, 5) is 14.2. The van der Waals surface area contributed by atoms with Crippen LogP contribution in [0.2, 0.25) is 0 Å². The van der Waals surface area contributed by atoms with Gasteiger partial charge < -0.3 is 9.64 Å². The molecule has 168 valence electrons. The molecule has 2 aromatic carbocycles. The largest absolute Gasteiger partial charge is 0.483 e. The molecule has 0 saturated carbocycles. The van der Waals surface area contributed by atoms with Crippen LogP contribution in [-0.4, -0.2) is 56.0 Å². The molecule has 0 spiro atoms. The number of carbonyl (C=O) groups excluding carboxylic acids is 1. The molecule has 0 bridgehead atoms. The molecule has 1 fully saturated rings. The zero-order valence-corrected chi connectivity index (χ0v) is 19.5. The van der Waals surface area contributed by atoms with E-state index in [1.807, 2.05) is 44.2 Å². The first-order valence-electron chi connectivity index (χ1n) is 10.7. The summed E-state index contributed by atoms with van der Waals surface area (Å²) in [6, 6.07) is 12.9. The summed E-state index contributed by atoms with van der Waals surface area (Å²) >= 11 is 0. The molecule has 8 heteroatoms. The number of carbonyl (C=O) groups is 1. The van der Waals surface area contributed by atoms with Crippen LogP contribution in [0.3, 0.4) is 0 Å². The molecule has 0 aromatic heterocycles. The normalized spacial score (nSPS) is 22.4. The van der Waals surface area contributed by atoms with E-state index >= 15 is 0 Å². The lowest BCUT2D eigenvalue weighted by molar-refractivity contribution is -0.0297. The number of Topliss-reactive ketones (excluding diaryl/α,β-unsaturated/α-hetero) is 1. The van der Waals surface area contributed by atoms with Gasteiger partial charge in [0.25, 0.3) is 0 Å². The summed E-state index contributed by atoms with van der Waals surface area (Å²) < 4.78 is 30.5. The zero-order chi connectivity index (χ0) is 22.8. The summed E-state index contributed by atoms with van der Waals surface area (Å²) in [6.45, 7) is 7.83. The number of benzene rings is 2. The van der Waals surface area contributed by atoms with Gasteiger partial charge in [-0.3, -0.25) is 4.79 Å². The van der Waals surface area contributed by atoms with Gasteiger partial charge in [0.1, 0.15) is 11.4 Å². The fourth-order valence-electron chi connectivity index (χ4n) is 4.84. The van der Waals surface area contributed by atoms with E-state index in [-0.39, 0.29) is 16.7 Å². The lowest BCUT2D eigenvalue weighted by atomic mass is 9.82. The predicted molar refractivity (Wildman–Crippen MR) is 122 cm³/mol. The predicted octanol–water partition coefficient (Wildman–Crippen LogP) is 3.40. The van der Waals surface area contributed by atoms with E-state index in [0.717, 1.165) is 24.5 Å². The second-order valence-corrected chi connectivity index (χ2v) is 11.2. The van der Waals surface area contributed by atoms with E-state index in [1.165, 1.54) is 11.8 Å². The minimum Gasteiger partial charge on any atom is -0.483 e. The average molecular weight is 454 g/mol. The molecule has 0 aliphatic carbocycles. The van der Waals surface area contributed by atoms with Crippen LogP contribution in [0.4, 0.5) is 5.69 Å². The molecule has 0 amide bonds. The van der Waals surface area contributed by atoms with Crippen molar-refractivity contribution in [3.63, 3.8) is 0 Å². The lowest BCUT2D eigenvalue weighted by Gasteiger charge is -2.48. The number of anilines is 1. The van der Waals surface area contributed by atoms with E-state index in [9.17, 15) is 13.2 Å². The van der Waals surface area contributed by atoms with Crippen LogP contribution in [-0.2, 0) is 9.84 Å². The Morgan fingerprint density at radius 1 is 1.09 bits per heavy atom. The molecule has 1 unspecified atom stereocenters. The van der Waals surface area contributed by atoms with Gasteiger partial charge in [-0.15, -0.1) is 0 Å². The van der Waals surface area contributed by atoms with Crippen molar-refractivity contribution in [1.29, 1.82) is 0 Å². The maximum atomic E-state index is 12.1. The minimum absolute atomic E-state index is 0.0300. The Balaban J connectivity index is 1.51. The Kier molecular flexibility index (Phi) is 4.74. The number of nitrogens with zero attached hydrogens (tertiary/aromatic N) is 3. The van der Waals surface area contributed by atoms with E-state index in [2.05, 4.69) is 21.0 Å². The number of hydrogen-bond acceptors (Lipinski definition) is 7. The van der Waals surface area contributed by atoms with Crippen LogP contribution < -0.4 is 9.64 Å². The Morgan fingerprint density at radius 3 is 2.47 bits per heavy atom. The van der Waals surface area contributed by atoms with Crippen molar-refractivity contribution in [1.82, 2.24) is 10.0 Å². The molecule has 3 heterocycles. The van der Waals surface area contributed by atoms with Gasteiger partial charge in [-0.1, -0.05) is 12.1 Å². The highest BCUT2D eigenvalue weighted by molar-refractivity contribution is 7.90. The lowest BCUT2D eigenvalue weighted by Crippen LogP contribution is -2.51. The standard InChI is InChI=1S/C24H27N3O4S/c1-16(28)17-5-7-18(8-6-17)25-14-26-12-11-21-23(27(26)15-25)20-10-9-19(32(4,29)30)13-22(20)31-24(21,2)3/h5-11,13,23H,12,14-15H2,1-4H3. The fraction of sp³-hybridized carbons (Fsp3) is 0.375. The molecule has 0 radical (unpaired) electrons. The molecule has 0 N–H and O–H groups in total. The Bertz CT molecular complexity index is 1230. The first kappa shape index (κ1) is 21.2. The molecule has 1 atom stereocenters. The zero-order valence-electron chi connectivity index (χ0n) is 18.7. The van der Waals surface area contributed by atoms with Crippen molar-refractivity contribution < 1.29 is 17.9 Å². The van der Waals surface area contributed by atoms with Crippen LogP contribution in [0.1, 0.15) is 42.7 Å². The summed E-state index contributed by atoms with van der Waals surface area (Å²) in [5.74, 6) is 0.675. The minimum atomic E-state index is -3.33. The van der Waals surface area contributed by atoms with Gasteiger partial charge in [-0.25, -0.2) is 18.4 Å². The maximum absolute atomic E-state index is 12.1. The van der Waals surface area contributed by atoms with E-state index in [0.29, 0.717) is 18.0 Å². The average Bonchev–Trinajstić information content (AvgIpc) is 3.16. The van der Waals surface area contributed by atoms with Crippen molar-refractivity contribution in [3.8, 4) is 5.75 Å². The molecule has 1 saturated heterocycles. The molecule has 3 aliphatic rings. The van der Waals surface area contributed by atoms with Gasteiger partial charge in [-0.05, 0) is 62.7 Å². The van der Waals surface area contributed by atoms with Crippen LogP contribution in [0.5, 0.6) is 5.75 Å². The third-order valence-electron chi connectivity index (χ3n) is 6.53. The van der Waals surface area contributed by atoms with Gasteiger partial charge in [-0.2, -0.15) is 0 Å². The van der Waals surface area contributed by atoms with Gasteiger partial charge in [0.05, 0.1) is 24.3 Å². The highest BCUT2D eigenvalue weighted by Crippen LogP contribution is 2.49. The second-order valence-electron chi connectivity index (χ2n) is 9.20. The molecule has 3 aliphatic heterocycles. The smallest absolute Gasteiger partial charge is 0.175 e. The quantitative estimate of drug-likeness (QED) is 0.521. The van der Waals surface area contributed by atoms with Crippen LogP contribution in [0.15, 0.2) is 59.0 Å². The van der Waals surface area contributed by atoms with Crippen molar-refractivity contribution in [2.75, 3.05) is 31.0 Å². The van der Waals surface area contributed by atoms with Crippen LogP contribution in [0, 0.1) is 0 Å². The Hall–Kier alpha value is -2.68. The Morgan fingerprint density at radius 2 is 1.81 bits per heavy atom. The summed E-state index contributed by atoms with van der Waals surface area (Å²) in [6.07, 6.45) is 3.45. The SMILES string of the molecule is CC(=O)c1ccc(N2CN3CC=C4C(c5ccc(S(C)(=O)=O)cc5OC4(C)C)N3C2)cc1. The second kappa shape index (κ2) is 7.16. The van der Waals surface area contributed by atoms with Crippen molar-refractivity contribution in [3.05, 3.63) is 65.2 Å². The van der Waals surface area contributed by atoms with Crippen molar-refractivity contribution >= 4 is 21.3 Å². The maximum Gasteiger partial charge on any atom is 0.175 e. The van der Waals surface area contributed by atoms with Crippen LogP contribution in [0.25, 0.3) is 0 Å². The van der Waals surface area contributed by atoms with Gasteiger partial charge in [0.15, 0.2) is 15.6 Å². The van der Waals surface area contributed by atoms with E-state index in [4.69, 9.17) is 4.74 Å².